The van der Waals surface area contributed by atoms with Crippen molar-refractivity contribution in [2.45, 2.75) is 6.92 Å². The van der Waals surface area contributed by atoms with E-state index in [4.69, 9.17) is 14.6 Å². The van der Waals surface area contributed by atoms with Gasteiger partial charge in [0.2, 0.25) is 0 Å². The van der Waals surface area contributed by atoms with Crippen LogP contribution >= 0.6 is 0 Å². The summed E-state index contributed by atoms with van der Waals surface area (Å²) in [6.07, 6.45) is 0. The van der Waals surface area contributed by atoms with Crippen LogP contribution in [0, 0.1) is 6.92 Å². The normalized spacial score (nSPS) is 10.0. The molecule has 1 aromatic rings. The Balaban J connectivity index is 2.48. The maximum atomic E-state index is 11.4. The van der Waals surface area contributed by atoms with Gasteiger partial charge >= 0.3 is 5.97 Å². The summed E-state index contributed by atoms with van der Waals surface area (Å²) < 4.78 is 10.1. The number of amides is 1. The highest BCUT2D eigenvalue weighted by atomic mass is 16.5. The van der Waals surface area contributed by atoms with Gasteiger partial charge in [-0.1, -0.05) is 0 Å². The minimum absolute atomic E-state index is 0.116. The summed E-state index contributed by atoms with van der Waals surface area (Å²) in [6, 6.07) is 4.57. The topological polar surface area (TPSA) is 84.9 Å². The molecule has 0 bridgehead atoms. The lowest BCUT2D eigenvalue weighted by Crippen LogP contribution is -2.31. The molecule has 0 aliphatic heterocycles. The number of aryl methyl sites for hydroxylation is 1. The van der Waals surface area contributed by atoms with Gasteiger partial charge in [-0.15, -0.1) is 0 Å². The maximum Gasteiger partial charge on any atom is 0.335 e. The van der Waals surface area contributed by atoms with Crippen LogP contribution in [0.25, 0.3) is 0 Å². The quantitative estimate of drug-likeness (QED) is 0.715. The number of aromatic carboxylic acids is 1. The lowest BCUT2D eigenvalue weighted by Gasteiger charge is -2.08. The third kappa shape index (κ3) is 4.97. The lowest BCUT2D eigenvalue weighted by molar-refractivity contribution is -0.123. The van der Waals surface area contributed by atoms with E-state index >= 15 is 0 Å². The molecule has 6 nitrogen and oxygen atoms in total. The van der Waals surface area contributed by atoms with Gasteiger partial charge in [0.1, 0.15) is 5.75 Å². The first kappa shape index (κ1) is 15.0. The van der Waals surface area contributed by atoms with E-state index in [0.29, 0.717) is 24.5 Å². The minimum Gasteiger partial charge on any atom is -0.484 e. The van der Waals surface area contributed by atoms with Crippen LogP contribution in [0.15, 0.2) is 18.2 Å². The van der Waals surface area contributed by atoms with Crippen molar-refractivity contribution in [3.05, 3.63) is 29.3 Å². The standard InChI is InChI=1S/C13H17NO5/c1-9-7-10(3-4-11(9)13(16)17)19-8-12(15)14-5-6-18-2/h3-4,7H,5-6,8H2,1-2H3,(H,14,15)(H,16,17). The van der Waals surface area contributed by atoms with Crippen molar-refractivity contribution in [3.63, 3.8) is 0 Å². The third-order valence-electron chi connectivity index (χ3n) is 2.43. The Bertz CT molecular complexity index is 458. The van der Waals surface area contributed by atoms with Crippen LogP contribution in [-0.2, 0) is 9.53 Å². The molecule has 0 aromatic heterocycles. The number of carbonyl (C=O) groups excluding carboxylic acids is 1. The molecule has 19 heavy (non-hydrogen) atoms. The van der Waals surface area contributed by atoms with Gasteiger partial charge in [-0.3, -0.25) is 4.79 Å². The molecule has 0 unspecified atom stereocenters. The lowest BCUT2D eigenvalue weighted by atomic mass is 10.1. The molecule has 0 saturated heterocycles. The second-order valence-corrected chi connectivity index (χ2v) is 3.91. The fourth-order valence-corrected chi connectivity index (χ4v) is 1.46. The summed E-state index contributed by atoms with van der Waals surface area (Å²) in [5.74, 6) is -0.775. The maximum absolute atomic E-state index is 11.4. The first-order chi connectivity index (χ1) is 9.04. The van der Waals surface area contributed by atoms with Crippen LogP contribution in [-0.4, -0.2) is 43.9 Å². The second-order valence-electron chi connectivity index (χ2n) is 3.91. The number of rotatable bonds is 7. The Hall–Kier alpha value is -2.08. The number of benzene rings is 1. The van der Waals surface area contributed by atoms with Crippen molar-refractivity contribution in [2.75, 3.05) is 26.9 Å². The molecule has 6 heteroatoms. The Kier molecular flexibility index (Phi) is 5.81. The summed E-state index contributed by atoms with van der Waals surface area (Å²) in [4.78, 5) is 22.2. The largest absolute Gasteiger partial charge is 0.484 e. The van der Waals surface area contributed by atoms with E-state index in [0.717, 1.165) is 0 Å². The highest BCUT2D eigenvalue weighted by molar-refractivity contribution is 5.89. The molecule has 0 aliphatic rings. The summed E-state index contributed by atoms with van der Waals surface area (Å²) in [6.45, 7) is 2.43. The number of nitrogens with one attached hydrogen (secondary N) is 1. The summed E-state index contributed by atoms with van der Waals surface area (Å²) >= 11 is 0. The number of carboxylic acid groups (broad SMARTS) is 1. The molecular formula is C13H17NO5. The number of carboxylic acids is 1. The number of methoxy groups -OCH3 is 1. The van der Waals surface area contributed by atoms with E-state index in [9.17, 15) is 9.59 Å². The molecule has 0 radical (unpaired) electrons. The molecule has 2 N–H and O–H groups in total. The van der Waals surface area contributed by atoms with Gasteiger partial charge in [0.15, 0.2) is 6.61 Å². The number of ether oxygens (including phenoxy) is 2. The predicted octanol–water partition coefficient (Wildman–Crippen LogP) is 0.835. The highest BCUT2D eigenvalue weighted by Gasteiger charge is 2.08. The van der Waals surface area contributed by atoms with Crippen molar-refractivity contribution in [3.8, 4) is 5.75 Å². The van der Waals surface area contributed by atoms with Gasteiger partial charge in [0.05, 0.1) is 12.2 Å². The predicted molar refractivity (Wildman–Crippen MR) is 68.5 cm³/mol. The zero-order valence-electron chi connectivity index (χ0n) is 10.9. The molecule has 0 saturated carbocycles. The number of hydrogen-bond donors (Lipinski definition) is 2. The van der Waals surface area contributed by atoms with E-state index in [1.165, 1.54) is 12.1 Å². The Labute approximate surface area is 111 Å². The zero-order chi connectivity index (χ0) is 14.3. The first-order valence-corrected chi connectivity index (χ1v) is 5.77. The average molecular weight is 267 g/mol. The third-order valence-corrected chi connectivity index (χ3v) is 2.43. The average Bonchev–Trinajstić information content (AvgIpc) is 2.36. The monoisotopic (exact) mass is 267 g/mol. The summed E-state index contributed by atoms with van der Waals surface area (Å²) in [5, 5.41) is 11.5. The van der Waals surface area contributed by atoms with Gasteiger partial charge in [-0.25, -0.2) is 4.79 Å². The molecule has 1 rings (SSSR count). The van der Waals surface area contributed by atoms with E-state index in [1.807, 2.05) is 0 Å². The van der Waals surface area contributed by atoms with Crippen LogP contribution < -0.4 is 10.1 Å². The molecule has 104 valence electrons. The molecule has 1 amide bonds. The van der Waals surface area contributed by atoms with E-state index in [1.54, 1.807) is 20.1 Å². The van der Waals surface area contributed by atoms with E-state index in [2.05, 4.69) is 5.32 Å². The second kappa shape index (κ2) is 7.38. The van der Waals surface area contributed by atoms with Crippen LogP contribution in [0.5, 0.6) is 5.75 Å². The van der Waals surface area contributed by atoms with Crippen molar-refractivity contribution < 1.29 is 24.2 Å². The van der Waals surface area contributed by atoms with Crippen molar-refractivity contribution >= 4 is 11.9 Å². The smallest absolute Gasteiger partial charge is 0.335 e. The van der Waals surface area contributed by atoms with Gasteiger partial charge in [0, 0.05) is 13.7 Å². The fourth-order valence-electron chi connectivity index (χ4n) is 1.46. The van der Waals surface area contributed by atoms with Gasteiger partial charge in [0.25, 0.3) is 5.91 Å². The molecule has 1 aromatic carbocycles. The van der Waals surface area contributed by atoms with Crippen molar-refractivity contribution in [2.24, 2.45) is 0 Å². The highest BCUT2D eigenvalue weighted by Crippen LogP contribution is 2.17. The van der Waals surface area contributed by atoms with Gasteiger partial charge in [-0.2, -0.15) is 0 Å². The molecule has 0 spiro atoms. The Morgan fingerprint density at radius 3 is 2.68 bits per heavy atom. The zero-order valence-corrected chi connectivity index (χ0v) is 10.9. The SMILES string of the molecule is COCCNC(=O)COc1ccc(C(=O)O)c(C)c1. The molecule has 0 aliphatic carbocycles. The Morgan fingerprint density at radius 1 is 1.37 bits per heavy atom. The molecule has 0 fully saturated rings. The van der Waals surface area contributed by atoms with E-state index < -0.39 is 5.97 Å². The Morgan fingerprint density at radius 2 is 2.11 bits per heavy atom. The molecule has 0 atom stereocenters. The molecule has 0 heterocycles. The number of hydrogen-bond acceptors (Lipinski definition) is 4. The van der Waals surface area contributed by atoms with Crippen molar-refractivity contribution in [1.29, 1.82) is 0 Å². The van der Waals surface area contributed by atoms with Crippen LogP contribution in [0.4, 0.5) is 0 Å². The molecular weight excluding hydrogens is 250 g/mol. The van der Waals surface area contributed by atoms with Crippen LogP contribution in [0.1, 0.15) is 15.9 Å². The van der Waals surface area contributed by atoms with Gasteiger partial charge in [-0.05, 0) is 30.7 Å². The minimum atomic E-state index is -0.985. The van der Waals surface area contributed by atoms with Crippen molar-refractivity contribution in [1.82, 2.24) is 5.32 Å². The number of carbonyl (C=O) groups is 2. The summed E-state index contributed by atoms with van der Waals surface area (Å²) in [7, 11) is 1.55. The fraction of sp³-hybridized carbons (Fsp3) is 0.385. The first-order valence-electron chi connectivity index (χ1n) is 5.77. The van der Waals surface area contributed by atoms with Gasteiger partial charge < -0.3 is 19.9 Å². The van der Waals surface area contributed by atoms with E-state index in [-0.39, 0.29) is 18.1 Å². The van der Waals surface area contributed by atoms with Crippen LogP contribution in [0.3, 0.4) is 0 Å². The van der Waals surface area contributed by atoms with Crippen LogP contribution in [0.2, 0.25) is 0 Å². The summed E-state index contributed by atoms with van der Waals surface area (Å²) in [5.41, 5.74) is 0.807.